The minimum absolute atomic E-state index is 0.0437. The highest BCUT2D eigenvalue weighted by Crippen LogP contribution is 2.34. The second-order valence-corrected chi connectivity index (χ2v) is 9.11. The number of amides is 2. The van der Waals surface area contributed by atoms with Gasteiger partial charge in [-0.2, -0.15) is 0 Å². The maximum atomic E-state index is 12.7. The molecule has 1 aliphatic rings. The molecule has 2 heterocycles. The first kappa shape index (κ1) is 21.4. The van der Waals surface area contributed by atoms with Gasteiger partial charge < -0.3 is 19.5 Å². The summed E-state index contributed by atoms with van der Waals surface area (Å²) in [5, 5.41) is 7.00. The average molecular weight is 400 g/mol. The summed E-state index contributed by atoms with van der Waals surface area (Å²) in [6.45, 7) is 10.5. The van der Waals surface area contributed by atoms with E-state index in [1.165, 1.54) is 5.56 Å². The Morgan fingerprint density at radius 3 is 2.72 bits per heavy atom. The molecule has 0 aliphatic carbocycles. The summed E-state index contributed by atoms with van der Waals surface area (Å²) in [4.78, 5) is 14.6. The second kappa shape index (κ2) is 8.99. The van der Waals surface area contributed by atoms with Gasteiger partial charge in [0.05, 0.1) is 12.1 Å². The van der Waals surface area contributed by atoms with Crippen molar-refractivity contribution < 1.29 is 14.1 Å². The van der Waals surface area contributed by atoms with E-state index in [9.17, 15) is 4.79 Å². The van der Waals surface area contributed by atoms with E-state index in [0.717, 1.165) is 32.4 Å². The van der Waals surface area contributed by atoms with Crippen LogP contribution in [0, 0.1) is 0 Å². The molecule has 29 heavy (non-hydrogen) atoms. The van der Waals surface area contributed by atoms with Crippen LogP contribution in [0.3, 0.4) is 0 Å². The predicted octanol–water partition coefficient (Wildman–Crippen LogP) is 4.64. The van der Waals surface area contributed by atoms with Crippen molar-refractivity contribution in [1.82, 2.24) is 15.4 Å². The molecule has 1 atom stereocenters. The largest absolute Gasteiger partial charge is 0.368 e. The molecule has 6 heteroatoms. The number of nitrogens with one attached hydrogen (secondary N) is 1. The Morgan fingerprint density at radius 1 is 1.24 bits per heavy atom. The van der Waals surface area contributed by atoms with Crippen molar-refractivity contribution in [3.63, 3.8) is 0 Å². The molecule has 0 bridgehead atoms. The fraction of sp³-hybridized carbons (Fsp3) is 0.565. The van der Waals surface area contributed by atoms with Gasteiger partial charge in [-0.1, -0.05) is 42.4 Å². The van der Waals surface area contributed by atoms with Crippen LogP contribution in [0.4, 0.5) is 4.79 Å². The third-order valence-electron chi connectivity index (χ3n) is 5.52. The van der Waals surface area contributed by atoms with Gasteiger partial charge in [-0.05, 0) is 51.0 Å². The van der Waals surface area contributed by atoms with Crippen LogP contribution in [0.25, 0.3) is 0 Å². The highest BCUT2D eigenvalue weighted by molar-refractivity contribution is 5.74. The van der Waals surface area contributed by atoms with Crippen molar-refractivity contribution in [3.8, 4) is 0 Å². The number of hydrogen-bond acceptors (Lipinski definition) is 4. The van der Waals surface area contributed by atoms with Crippen LogP contribution in [-0.4, -0.2) is 34.8 Å². The van der Waals surface area contributed by atoms with Crippen LogP contribution in [0.1, 0.15) is 64.0 Å². The summed E-state index contributed by atoms with van der Waals surface area (Å²) in [7, 11) is 0. The number of rotatable bonds is 5. The molecule has 6 nitrogen and oxygen atoms in total. The molecule has 1 N–H and O–H groups in total. The number of carbonyl (C=O) groups excluding carboxylic acids is 1. The van der Waals surface area contributed by atoms with E-state index < -0.39 is 0 Å². The summed E-state index contributed by atoms with van der Waals surface area (Å²) in [5.41, 5.74) is 1.94. The molecule has 1 aliphatic heterocycles. The van der Waals surface area contributed by atoms with Gasteiger partial charge in [-0.25, -0.2) is 4.79 Å². The zero-order valence-corrected chi connectivity index (χ0v) is 18.0. The summed E-state index contributed by atoms with van der Waals surface area (Å²) < 4.78 is 11.0. The first-order valence-corrected chi connectivity index (χ1v) is 10.4. The van der Waals surface area contributed by atoms with Crippen LogP contribution in [0.2, 0.25) is 0 Å². The third kappa shape index (κ3) is 6.07. The predicted molar refractivity (Wildman–Crippen MR) is 112 cm³/mol. The maximum absolute atomic E-state index is 12.7. The first-order chi connectivity index (χ1) is 13.8. The van der Waals surface area contributed by atoms with Gasteiger partial charge in [-0.15, -0.1) is 0 Å². The van der Waals surface area contributed by atoms with Gasteiger partial charge in [0.25, 0.3) is 0 Å². The lowest BCUT2D eigenvalue weighted by atomic mass is 9.76. The number of ether oxygens (including phenoxy) is 1. The Morgan fingerprint density at radius 2 is 2.00 bits per heavy atom. The molecule has 1 unspecified atom stereocenters. The molecule has 2 amide bonds. The lowest BCUT2D eigenvalue weighted by molar-refractivity contribution is -0.0241. The number of benzene rings is 1. The van der Waals surface area contributed by atoms with Crippen LogP contribution >= 0.6 is 0 Å². The number of carbonyl (C=O) groups is 1. The van der Waals surface area contributed by atoms with Crippen LogP contribution in [0.15, 0.2) is 40.9 Å². The highest BCUT2D eigenvalue weighted by Gasteiger charge is 2.30. The SMILES string of the molecule is CC(C)(C)OCc1cc(CNC(=O)N2CCCC(C)(c3ccccc3)CC2)no1. The van der Waals surface area contributed by atoms with Crippen LogP contribution < -0.4 is 5.32 Å². The molecule has 0 saturated carbocycles. The Balaban J connectivity index is 1.50. The van der Waals surface area contributed by atoms with Gasteiger partial charge in [0, 0.05) is 19.2 Å². The van der Waals surface area contributed by atoms with Gasteiger partial charge in [-0.3, -0.25) is 0 Å². The minimum atomic E-state index is -0.234. The zero-order valence-electron chi connectivity index (χ0n) is 18.0. The number of hydrogen-bond donors (Lipinski definition) is 1. The van der Waals surface area contributed by atoms with E-state index in [-0.39, 0.29) is 17.0 Å². The Labute approximate surface area is 173 Å². The lowest BCUT2D eigenvalue weighted by Gasteiger charge is -2.29. The second-order valence-electron chi connectivity index (χ2n) is 9.11. The molecule has 3 rings (SSSR count). The molecule has 1 aromatic carbocycles. The zero-order chi connectivity index (χ0) is 20.9. The molecule has 158 valence electrons. The van der Waals surface area contributed by atoms with E-state index in [1.54, 1.807) is 0 Å². The smallest absolute Gasteiger partial charge is 0.317 e. The van der Waals surface area contributed by atoms with E-state index >= 15 is 0 Å². The normalized spacial score (nSPS) is 20.3. The third-order valence-corrected chi connectivity index (χ3v) is 5.52. The highest BCUT2D eigenvalue weighted by atomic mass is 16.5. The van der Waals surface area contributed by atoms with Gasteiger partial charge >= 0.3 is 6.03 Å². The number of aromatic nitrogens is 1. The van der Waals surface area contributed by atoms with E-state index in [1.807, 2.05) is 37.8 Å². The fourth-order valence-corrected chi connectivity index (χ4v) is 3.68. The molecule has 1 saturated heterocycles. The number of nitrogens with zero attached hydrogens (tertiary/aromatic N) is 2. The van der Waals surface area contributed by atoms with Crippen LogP contribution in [-0.2, 0) is 23.3 Å². The van der Waals surface area contributed by atoms with E-state index in [0.29, 0.717) is 24.6 Å². The van der Waals surface area contributed by atoms with Crippen molar-refractivity contribution in [2.45, 2.75) is 71.1 Å². The van der Waals surface area contributed by atoms with Crippen molar-refractivity contribution in [3.05, 3.63) is 53.4 Å². The van der Waals surface area contributed by atoms with Crippen molar-refractivity contribution in [1.29, 1.82) is 0 Å². The summed E-state index contributed by atoms with van der Waals surface area (Å²) >= 11 is 0. The Hall–Kier alpha value is -2.34. The fourth-order valence-electron chi connectivity index (χ4n) is 3.68. The summed E-state index contributed by atoms with van der Waals surface area (Å²) in [6, 6.07) is 12.4. The molecule has 0 radical (unpaired) electrons. The standard InChI is InChI=1S/C23H33N3O3/c1-22(2,3)28-17-20-15-19(25-29-20)16-24-21(27)26-13-8-11-23(4,12-14-26)18-9-6-5-7-10-18/h5-7,9-10,15H,8,11-14,16-17H2,1-4H3,(H,24,27). The van der Waals surface area contributed by atoms with Crippen molar-refractivity contribution >= 4 is 6.03 Å². The molecular weight excluding hydrogens is 366 g/mol. The van der Waals surface area contributed by atoms with Crippen molar-refractivity contribution in [2.75, 3.05) is 13.1 Å². The number of likely N-dealkylation sites (tertiary alicyclic amines) is 1. The number of urea groups is 1. The molecule has 1 aromatic heterocycles. The van der Waals surface area contributed by atoms with Crippen molar-refractivity contribution in [2.24, 2.45) is 0 Å². The van der Waals surface area contributed by atoms with Gasteiger partial charge in [0.1, 0.15) is 12.3 Å². The monoisotopic (exact) mass is 399 g/mol. The Bertz CT molecular complexity index is 797. The maximum Gasteiger partial charge on any atom is 0.317 e. The topological polar surface area (TPSA) is 67.6 Å². The van der Waals surface area contributed by atoms with Gasteiger partial charge in [0.15, 0.2) is 5.76 Å². The molecule has 1 fully saturated rings. The Kier molecular flexibility index (Phi) is 6.63. The lowest BCUT2D eigenvalue weighted by Crippen LogP contribution is -2.40. The molecule has 2 aromatic rings. The first-order valence-electron chi connectivity index (χ1n) is 10.4. The van der Waals surface area contributed by atoms with Crippen LogP contribution in [0.5, 0.6) is 0 Å². The average Bonchev–Trinajstić information content (AvgIpc) is 3.05. The molecule has 0 spiro atoms. The minimum Gasteiger partial charge on any atom is -0.368 e. The summed E-state index contributed by atoms with van der Waals surface area (Å²) in [6.07, 6.45) is 3.04. The molecular formula is C23H33N3O3. The van der Waals surface area contributed by atoms with E-state index in [4.69, 9.17) is 9.26 Å². The van der Waals surface area contributed by atoms with E-state index in [2.05, 4.69) is 41.7 Å². The summed E-state index contributed by atoms with van der Waals surface area (Å²) in [5.74, 6) is 0.664. The van der Waals surface area contributed by atoms with Gasteiger partial charge in [0.2, 0.25) is 0 Å². The quantitative estimate of drug-likeness (QED) is 0.795.